The van der Waals surface area contributed by atoms with E-state index in [2.05, 4.69) is 28.2 Å². The van der Waals surface area contributed by atoms with E-state index >= 15 is 0 Å². The number of amides is 1. The number of methoxy groups -OCH3 is 1. The molecule has 1 aliphatic carbocycles. The fraction of sp³-hybridized carbons (Fsp3) is 0.500. The molecule has 1 fully saturated rings. The van der Waals surface area contributed by atoms with E-state index in [4.69, 9.17) is 4.74 Å². The molecular formula is C16H20BrNO4. The minimum absolute atomic E-state index is 0.00757. The lowest BCUT2D eigenvalue weighted by Gasteiger charge is -2.17. The maximum atomic E-state index is 12.3. The first kappa shape index (κ1) is 16.8. The Morgan fingerprint density at radius 2 is 2.23 bits per heavy atom. The Kier molecular flexibility index (Phi) is 4.80. The summed E-state index contributed by atoms with van der Waals surface area (Å²) in [5.41, 5.74) is 0.514. The first-order valence-electron chi connectivity index (χ1n) is 7.19. The molecule has 1 amide bonds. The summed E-state index contributed by atoms with van der Waals surface area (Å²) in [5.74, 6) is -0.756. The predicted molar refractivity (Wildman–Crippen MR) is 85.7 cm³/mol. The van der Waals surface area contributed by atoms with Crippen LogP contribution in [0.4, 0.5) is 0 Å². The van der Waals surface area contributed by atoms with Gasteiger partial charge in [-0.3, -0.25) is 4.79 Å². The molecular weight excluding hydrogens is 350 g/mol. The van der Waals surface area contributed by atoms with Gasteiger partial charge in [0.25, 0.3) is 0 Å². The average Bonchev–Trinajstić information content (AvgIpc) is 3.17. The minimum Gasteiger partial charge on any atom is -0.496 e. The number of halogens is 1. The van der Waals surface area contributed by atoms with Crippen molar-refractivity contribution in [1.82, 2.24) is 5.32 Å². The largest absolute Gasteiger partial charge is 0.496 e. The van der Waals surface area contributed by atoms with Gasteiger partial charge in [0.05, 0.1) is 11.6 Å². The van der Waals surface area contributed by atoms with Gasteiger partial charge in [0.1, 0.15) is 5.75 Å². The standard InChI is InChI=1S/C16H20BrNO4/c1-4-16(2)8-10(16)14(19)18-13(15(20)21)9-5-6-12(22-3)11(17)7-9/h5-7,10,13H,4,8H2,1-3H3,(H,18,19)(H,20,21). The van der Waals surface area contributed by atoms with Crippen LogP contribution in [-0.4, -0.2) is 24.1 Å². The molecule has 120 valence electrons. The predicted octanol–water partition coefficient (Wildman–Crippen LogP) is 3.14. The molecule has 1 aromatic rings. The summed E-state index contributed by atoms with van der Waals surface area (Å²) in [6, 6.07) is 3.92. The molecule has 3 unspecified atom stereocenters. The molecule has 0 aromatic heterocycles. The van der Waals surface area contributed by atoms with Gasteiger partial charge in [-0.1, -0.05) is 19.9 Å². The molecule has 0 radical (unpaired) electrons. The van der Waals surface area contributed by atoms with Gasteiger partial charge in [-0.2, -0.15) is 0 Å². The van der Waals surface area contributed by atoms with Crippen molar-refractivity contribution in [2.24, 2.45) is 11.3 Å². The molecule has 1 saturated carbocycles. The Bertz CT molecular complexity index is 604. The lowest BCUT2D eigenvalue weighted by atomic mass is 10.0. The van der Waals surface area contributed by atoms with E-state index in [0.29, 0.717) is 15.8 Å². The van der Waals surface area contributed by atoms with Gasteiger partial charge in [-0.15, -0.1) is 0 Å². The summed E-state index contributed by atoms with van der Waals surface area (Å²) in [7, 11) is 1.54. The molecule has 0 spiro atoms. The highest BCUT2D eigenvalue weighted by Gasteiger charge is 2.53. The number of aliphatic carboxylic acids is 1. The zero-order valence-electron chi connectivity index (χ0n) is 12.9. The molecule has 0 aliphatic heterocycles. The highest BCUT2D eigenvalue weighted by Crippen LogP contribution is 2.54. The Morgan fingerprint density at radius 1 is 1.55 bits per heavy atom. The van der Waals surface area contributed by atoms with Crippen molar-refractivity contribution in [1.29, 1.82) is 0 Å². The van der Waals surface area contributed by atoms with Crippen LogP contribution in [0.15, 0.2) is 22.7 Å². The molecule has 2 N–H and O–H groups in total. The van der Waals surface area contributed by atoms with E-state index in [1.807, 2.05) is 6.92 Å². The number of ether oxygens (including phenoxy) is 1. The molecule has 1 aromatic carbocycles. The van der Waals surface area contributed by atoms with Gasteiger partial charge in [0.2, 0.25) is 5.91 Å². The summed E-state index contributed by atoms with van der Waals surface area (Å²) in [6.45, 7) is 4.10. The number of hydrogen-bond acceptors (Lipinski definition) is 3. The third-order valence-electron chi connectivity index (χ3n) is 4.52. The van der Waals surface area contributed by atoms with Crippen LogP contribution in [-0.2, 0) is 9.59 Å². The second-order valence-corrected chi connectivity index (χ2v) is 6.79. The van der Waals surface area contributed by atoms with Crippen LogP contribution in [0.5, 0.6) is 5.75 Å². The first-order chi connectivity index (χ1) is 10.3. The second-order valence-electron chi connectivity index (χ2n) is 5.94. The number of carboxylic acids is 1. The molecule has 3 atom stereocenters. The van der Waals surface area contributed by atoms with E-state index in [1.54, 1.807) is 18.2 Å². The molecule has 22 heavy (non-hydrogen) atoms. The fourth-order valence-corrected chi connectivity index (χ4v) is 3.16. The summed E-state index contributed by atoms with van der Waals surface area (Å²) >= 11 is 3.33. The highest BCUT2D eigenvalue weighted by atomic mass is 79.9. The number of carboxylic acid groups (broad SMARTS) is 1. The van der Waals surface area contributed by atoms with E-state index < -0.39 is 12.0 Å². The van der Waals surface area contributed by atoms with E-state index in [1.165, 1.54) is 7.11 Å². The number of hydrogen-bond donors (Lipinski definition) is 2. The van der Waals surface area contributed by atoms with Crippen molar-refractivity contribution in [2.75, 3.05) is 7.11 Å². The third kappa shape index (κ3) is 3.27. The third-order valence-corrected chi connectivity index (χ3v) is 5.14. The van der Waals surface area contributed by atoms with Gasteiger partial charge in [-0.25, -0.2) is 4.79 Å². The van der Waals surface area contributed by atoms with Crippen molar-refractivity contribution in [2.45, 2.75) is 32.7 Å². The number of rotatable bonds is 6. The number of carbonyl (C=O) groups excluding carboxylic acids is 1. The van der Waals surface area contributed by atoms with Crippen molar-refractivity contribution in [3.8, 4) is 5.75 Å². The first-order valence-corrected chi connectivity index (χ1v) is 7.98. The zero-order valence-corrected chi connectivity index (χ0v) is 14.4. The van der Waals surface area contributed by atoms with Crippen molar-refractivity contribution >= 4 is 27.8 Å². The molecule has 0 bridgehead atoms. The zero-order chi connectivity index (χ0) is 16.5. The van der Waals surface area contributed by atoms with Crippen LogP contribution in [0.3, 0.4) is 0 Å². The van der Waals surface area contributed by atoms with Gasteiger partial charge in [-0.05, 0) is 51.9 Å². The fourth-order valence-electron chi connectivity index (χ4n) is 2.60. The quantitative estimate of drug-likeness (QED) is 0.807. The summed E-state index contributed by atoms with van der Waals surface area (Å²) < 4.78 is 5.78. The maximum absolute atomic E-state index is 12.3. The molecule has 5 nitrogen and oxygen atoms in total. The lowest BCUT2D eigenvalue weighted by molar-refractivity contribution is -0.142. The van der Waals surface area contributed by atoms with E-state index in [-0.39, 0.29) is 17.2 Å². The molecule has 0 saturated heterocycles. The van der Waals surface area contributed by atoms with Crippen LogP contribution >= 0.6 is 15.9 Å². The van der Waals surface area contributed by atoms with Gasteiger partial charge in [0, 0.05) is 5.92 Å². The molecule has 2 rings (SSSR count). The monoisotopic (exact) mass is 369 g/mol. The summed E-state index contributed by atoms with van der Waals surface area (Å²) in [4.78, 5) is 23.8. The number of carbonyl (C=O) groups is 2. The van der Waals surface area contributed by atoms with Crippen LogP contribution in [0, 0.1) is 11.3 Å². The topological polar surface area (TPSA) is 75.6 Å². The molecule has 1 aliphatic rings. The van der Waals surface area contributed by atoms with Gasteiger partial charge < -0.3 is 15.2 Å². The molecule has 0 heterocycles. The summed E-state index contributed by atoms with van der Waals surface area (Å²) in [6.07, 6.45) is 1.73. The smallest absolute Gasteiger partial charge is 0.330 e. The summed E-state index contributed by atoms with van der Waals surface area (Å²) in [5, 5.41) is 12.1. The average molecular weight is 370 g/mol. The van der Waals surface area contributed by atoms with Crippen LogP contribution in [0.2, 0.25) is 0 Å². The number of nitrogens with one attached hydrogen (secondary N) is 1. The van der Waals surface area contributed by atoms with Gasteiger partial charge in [0.15, 0.2) is 6.04 Å². The normalized spacial score (nSPS) is 24.5. The van der Waals surface area contributed by atoms with Crippen molar-refractivity contribution in [3.05, 3.63) is 28.2 Å². The number of benzene rings is 1. The SMILES string of the molecule is CCC1(C)CC1C(=O)NC(C(=O)O)c1ccc(OC)c(Br)c1. The second kappa shape index (κ2) is 6.28. The Hall–Kier alpha value is -1.56. The maximum Gasteiger partial charge on any atom is 0.330 e. The highest BCUT2D eigenvalue weighted by molar-refractivity contribution is 9.10. The minimum atomic E-state index is -1.08. The van der Waals surface area contributed by atoms with Crippen molar-refractivity contribution < 1.29 is 19.4 Å². The van der Waals surface area contributed by atoms with Crippen LogP contribution < -0.4 is 10.1 Å². The van der Waals surface area contributed by atoms with Gasteiger partial charge >= 0.3 is 5.97 Å². The molecule has 6 heteroatoms. The Balaban J connectivity index is 2.16. The lowest BCUT2D eigenvalue weighted by Crippen LogP contribution is -2.35. The van der Waals surface area contributed by atoms with E-state index in [9.17, 15) is 14.7 Å². The van der Waals surface area contributed by atoms with E-state index in [0.717, 1.165) is 12.8 Å². The Labute approximate surface area is 138 Å². The van der Waals surface area contributed by atoms with Crippen molar-refractivity contribution in [3.63, 3.8) is 0 Å². The van der Waals surface area contributed by atoms with Crippen LogP contribution in [0.25, 0.3) is 0 Å². The Morgan fingerprint density at radius 3 is 2.68 bits per heavy atom. The van der Waals surface area contributed by atoms with Crippen LogP contribution in [0.1, 0.15) is 38.3 Å².